The molecular weight excluding hydrogens is 254 g/mol. The van der Waals surface area contributed by atoms with Crippen LogP contribution in [0, 0.1) is 6.92 Å². The number of nitrogens with one attached hydrogen (secondary N) is 1. The van der Waals surface area contributed by atoms with Gasteiger partial charge in [-0.25, -0.2) is 0 Å². The molecule has 0 radical (unpaired) electrons. The maximum absolute atomic E-state index is 11.8. The summed E-state index contributed by atoms with van der Waals surface area (Å²) in [4.78, 5) is 11.8. The Kier molecular flexibility index (Phi) is 3.82. The molecular formula is C13H12ClNOS. The second-order valence-electron chi connectivity index (χ2n) is 3.77. The highest BCUT2D eigenvalue weighted by atomic mass is 35.5. The summed E-state index contributed by atoms with van der Waals surface area (Å²) in [5, 5.41) is 3.70. The molecule has 0 aliphatic heterocycles. The normalized spacial score (nSPS) is 10.2. The molecule has 88 valence electrons. The molecule has 2 aromatic rings. The van der Waals surface area contributed by atoms with E-state index >= 15 is 0 Å². The average Bonchev–Trinajstić information content (AvgIpc) is 2.58. The van der Waals surface area contributed by atoms with E-state index < -0.39 is 0 Å². The minimum absolute atomic E-state index is 0.0159. The van der Waals surface area contributed by atoms with Crippen LogP contribution in [-0.4, -0.2) is 5.91 Å². The van der Waals surface area contributed by atoms with Gasteiger partial charge in [0.15, 0.2) is 0 Å². The van der Waals surface area contributed by atoms with Gasteiger partial charge in [-0.2, -0.15) is 0 Å². The van der Waals surface area contributed by atoms with Crippen molar-refractivity contribution in [2.24, 2.45) is 0 Å². The summed E-state index contributed by atoms with van der Waals surface area (Å²) < 4.78 is 0.692. The third kappa shape index (κ3) is 3.32. The summed E-state index contributed by atoms with van der Waals surface area (Å²) in [6, 6.07) is 11.5. The summed E-state index contributed by atoms with van der Waals surface area (Å²) >= 11 is 7.26. The van der Waals surface area contributed by atoms with Crippen LogP contribution in [0.3, 0.4) is 0 Å². The number of hydrogen-bond donors (Lipinski definition) is 1. The van der Waals surface area contributed by atoms with Gasteiger partial charge in [-0.15, -0.1) is 11.3 Å². The number of benzene rings is 1. The zero-order valence-corrected chi connectivity index (χ0v) is 10.9. The highest BCUT2D eigenvalue weighted by Crippen LogP contribution is 2.30. The van der Waals surface area contributed by atoms with Crippen molar-refractivity contribution in [3.05, 3.63) is 51.9 Å². The molecule has 1 amide bonds. The second kappa shape index (κ2) is 5.34. The molecule has 0 aliphatic rings. The third-order valence-corrected chi connectivity index (χ3v) is 3.63. The van der Waals surface area contributed by atoms with Crippen LogP contribution in [0.1, 0.15) is 11.1 Å². The monoisotopic (exact) mass is 265 g/mol. The first-order valence-electron chi connectivity index (χ1n) is 5.25. The Balaban J connectivity index is 2.01. The molecule has 1 N–H and O–H groups in total. The van der Waals surface area contributed by atoms with Gasteiger partial charge in [0.05, 0.1) is 15.8 Å². The first kappa shape index (κ1) is 12.1. The molecule has 0 bridgehead atoms. The van der Waals surface area contributed by atoms with Gasteiger partial charge in [0.2, 0.25) is 5.91 Å². The summed E-state index contributed by atoms with van der Waals surface area (Å²) in [7, 11) is 0. The zero-order chi connectivity index (χ0) is 12.3. The molecule has 2 nitrogen and oxygen atoms in total. The molecule has 0 unspecified atom stereocenters. The molecule has 1 heterocycles. The van der Waals surface area contributed by atoms with E-state index in [1.165, 1.54) is 11.3 Å². The maximum atomic E-state index is 11.8. The van der Waals surface area contributed by atoms with Crippen molar-refractivity contribution < 1.29 is 4.79 Å². The van der Waals surface area contributed by atoms with Crippen LogP contribution in [0.2, 0.25) is 4.34 Å². The van der Waals surface area contributed by atoms with Gasteiger partial charge in [0.25, 0.3) is 0 Å². The summed E-state index contributed by atoms with van der Waals surface area (Å²) in [5.41, 5.74) is 2.01. The van der Waals surface area contributed by atoms with Crippen LogP contribution >= 0.6 is 22.9 Å². The largest absolute Gasteiger partial charge is 0.317 e. The Hall–Kier alpha value is -1.32. The Bertz CT molecular complexity index is 521. The quantitative estimate of drug-likeness (QED) is 0.896. The van der Waals surface area contributed by atoms with E-state index in [-0.39, 0.29) is 5.91 Å². The van der Waals surface area contributed by atoms with Gasteiger partial charge < -0.3 is 5.32 Å². The lowest BCUT2D eigenvalue weighted by Crippen LogP contribution is -2.13. The smallest absolute Gasteiger partial charge is 0.229 e. The SMILES string of the molecule is Cc1cc(Cl)sc1NC(=O)Cc1ccccc1. The van der Waals surface area contributed by atoms with Crippen molar-refractivity contribution in [3.8, 4) is 0 Å². The molecule has 1 aromatic heterocycles. The van der Waals surface area contributed by atoms with Crippen molar-refractivity contribution in [2.45, 2.75) is 13.3 Å². The van der Waals surface area contributed by atoms with Gasteiger partial charge >= 0.3 is 0 Å². The number of aryl methyl sites for hydroxylation is 1. The van der Waals surface area contributed by atoms with E-state index in [1.807, 2.05) is 43.3 Å². The standard InChI is InChI=1S/C13H12ClNOS/c1-9-7-11(14)17-13(9)15-12(16)8-10-5-3-2-4-6-10/h2-7H,8H2,1H3,(H,15,16). The lowest BCUT2D eigenvalue weighted by atomic mass is 10.1. The Labute approximate surface area is 109 Å². The molecule has 0 fully saturated rings. The fourth-order valence-electron chi connectivity index (χ4n) is 1.52. The van der Waals surface area contributed by atoms with Gasteiger partial charge in [-0.3, -0.25) is 4.79 Å². The highest BCUT2D eigenvalue weighted by molar-refractivity contribution is 7.20. The zero-order valence-electron chi connectivity index (χ0n) is 9.37. The predicted molar refractivity (Wildman–Crippen MR) is 72.8 cm³/mol. The topological polar surface area (TPSA) is 29.1 Å². The highest BCUT2D eigenvalue weighted by Gasteiger charge is 2.08. The van der Waals surface area contributed by atoms with Gasteiger partial charge in [0.1, 0.15) is 0 Å². The number of rotatable bonds is 3. The van der Waals surface area contributed by atoms with Crippen molar-refractivity contribution in [3.63, 3.8) is 0 Å². The fourth-order valence-corrected chi connectivity index (χ4v) is 2.73. The van der Waals surface area contributed by atoms with E-state index in [0.29, 0.717) is 10.8 Å². The van der Waals surface area contributed by atoms with Crippen molar-refractivity contribution in [1.82, 2.24) is 0 Å². The number of carbonyl (C=O) groups excluding carboxylic acids is 1. The van der Waals surface area contributed by atoms with Crippen molar-refractivity contribution in [1.29, 1.82) is 0 Å². The molecule has 0 atom stereocenters. The fraction of sp³-hybridized carbons (Fsp3) is 0.154. The minimum Gasteiger partial charge on any atom is -0.317 e. The number of carbonyl (C=O) groups is 1. The Morgan fingerprint density at radius 2 is 2.06 bits per heavy atom. The van der Waals surface area contributed by atoms with Crippen LogP contribution in [0.4, 0.5) is 5.00 Å². The molecule has 0 saturated heterocycles. The van der Waals surface area contributed by atoms with E-state index in [1.54, 1.807) is 0 Å². The molecule has 17 heavy (non-hydrogen) atoms. The number of thiophene rings is 1. The molecule has 0 aliphatic carbocycles. The van der Waals surface area contributed by atoms with Gasteiger partial charge in [0, 0.05) is 0 Å². The minimum atomic E-state index is -0.0159. The van der Waals surface area contributed by atoms with Crippen LogP contribution in [0.25, 0.3) is 0 Å². The number of hydrogen-bond acceptors (Lipinski definition) is 2. The van der Waals surface area contributed by atoms with E-state index in [9.17, 15) is 4.79 Å². The Morgan fingerprint density at radius 1 is 1.35 bits per heavy atom. The predicted octanol–water partition coefficient (Wildman–Crippen LogP) is 3.89. The molecule has 2 rings (SSSR count). The van der Waals surface area contributed by atoms with E-state index in [4.69, 9.17) is 11.6 Å². The van der Waals surface area contributed by atoms with Gasteiger partial charge in [-0.05, 0) is 24.1 Å². The lowest BCUT2D eigenvalue weighted by molar-refractivity contribution is -0.115. The summed E-state index contributed by atoms with van der Waals surface area (Å²) in [6.07, 6.45) is 0.385. The van der Waals surface area contributed by atoms with Crippen molar-refractivity contribution >= 4 is 33.8 Å². The Morgan fingerprint density at radius 3 is 2.65 bits per heavy atom. The number of anilines is 1. The average molecular weight is 266 g/mol. The van der Waals surface area contributed by atoms with Crippen molar-refractivity contribution in [2.75, 3.05) is 5.32 Å². The number of halogens is 1. The van der Waals surface area contributed by atoms with Gasteiger partial charge in [-0.1, -0.05) is 41.9 Å². The molecule has 1 aromatic carbocycles. The number of amides is 1. The first-order chi connectivity index (χ1) is 8.15. The summed E-state index contributed by atoms with van der Waals surface area (Å²) in [6.45, 7) is 1.93. The maximum Gasteiger partial charge on any atom is 0.229 e. The van der Waals surface area contributed by atoms with Crippen LogP contribution in [0.5, 0.6) is 0 Å². The summed E-state index contributed by atoms with van der Waals surface area (Å²) in [5.74, 6) is -0.0159. The third-order valence-electron chi connectivity index (χ3n) is 2.35. The second-order valence-corrected chi connectivity index (χ2v) is 5.46. The molecule has 0 saturated carbocycles. The van der Waals surface area contributed by atoms with Crippen LogP contribution in [0.15, 0.2) is 36.4 Å². The lowest BCUT2D eigenvalue weighted by Gasteiger charge is -2.03. The van der Waals surface area contributed by atoms with E-state index in [2.05, 4.69) is 5.32 Å². The van der Waals surface area contributed by atoms with Crippen LogP contribution in [-0.2, 0) is 11.2 Å². The van der Waals surface area contributed by atoms with E-state index in [0.717, 1.165) is 16.1 Å². The van der Waals surface area contributed by atoms with Crippen LogP contribution < -0.4 is 5.32 Å². The first-order valence-corrected chi connectivity index (χ1v) is 6.44. The molecule has 0 spiro atoms. The molecule has 4 heteroatoms.